The number of ether oxygens (including phenoxy) is 2. The zero-order valence-electron chi connectivity index (χ0n) is 12.3. The van der Waals surface area contributed by atoms with Gasteiger partial charge in [0.05, 0.1) is 6.21 Å². The van der Waals surface area contributed by atoms with Crippen LogP contribution >= 0.6 is 0 Å². The van der Waals surface area contributed by atoms with Gasteiger partial charge in [0.15, 0.2) is 6.61 Å². The summed E-state index contributed by atoms with van der Waals surface area (Å²) >= 11 is 0. The lowest BCUT2D eigenvalue weighted by atomic mass is 10.2. The quantitative estimate of drug-likeness (QED) is 0.624. The Bertz CT molecular complexity index is 689. The number of hydrogen-bond donors (Lipinski definition) is 1. The van der Waals surface area contributed by atoms with E-state index in [0.717, 1.165) is 0 Å². The second-order valence-electron chi connectivity index (χ2n) is 4.48. The number of amides is 1. The standard InChI is InChI=1S/C16H13F3N2O3/c17-12-3-7-13(8-4-12)23-10-15(22)21-20-9-11-1-5-14(6-2-11)24-16(18)19/h1-9,16H,10H2,(H,21,22). The van der Waals surface area contributed by atoms with Crippen molar-refractivity contribution in [3.8, 4) is 11.5 Å². The molecule has 1 N–H and O–H groups in total. The lowest BCUT2D eigenvalue weighted by Gasteiger charge is -2.05. The fraction of sp³-hybridized carbons (Fsp3) is 0.125. The van der Waals surface area contributed by atoms with E-state index in [1.54, 1.807) is 0 Å². The molecule has 0 bridgehead atoms. The lowest BCUT2D eigenvalue weighted by Crippen LogP contribution is -2.24. The van der Waals surface area contributed by atoms with E-state index in [9.17, 15) is 18.0 Å². The molecule has 0 aliphatic carbocycles. The summed E-state index contributed by atoms with van der Waals surface area (Å²) < 4.78 is 46.0. The van der Waals surface area contributed by atoms with Crippen LogP contribution in [-0.4, -0.2) is 25.3 Å². The van der Waals surface area contributed by atoms with Gasteiger partial charge in [-0.05, 0) is 54.1 Å². The highest BCUT2D eigenvalue weighted by Gasteiger charge is 2.03. The molecule has 0 saturated carbocycles. The first-order valence-corrected chi connectivity index (χ1v) is 6.78. The Hall–Kier alpha value is -3.03. The monoisotopic (exact) mass is 338 g/mol. The van der Waals surface area contributed by atoms with Gasteiger partial charge in [-0.3, -0.25) is 4.79 Å². The second-order valence-corrected chi connectivity index (χ2v) is 4.48. The van der Waals surface area contributed by atoms with Crippen LogP contribution in [0.4, 0.5) is 13.2 Å². The van der Waals surface area contributed by atoms with Gasteiger partial charge in [0.1, 0.15) is 17.3 Å². The molecule has 0 fully saturated rings. The van der Waals surface area contributed by atoms with Gasteiger partial charge in [-0.1, -0.05) is 0 Å². The van der Waals surface area contributed by atoms with Gasteiger partial charge in [-0.25, -0.2) is 9.82 Å². The first kappa shape index (κ1) is 17.3. The maximum Gasteiger partial charge on any atom is 0.387 e. The van der Waals surface area contributed by atoms with E-state index in [2.05, 4.69) is 15.3 Å². The first-order valence-electron chi connectivity index (χ1n) is 6.78. The molecule has 0 radical (unpaired) electrons. The molecule has 0 aliphatic rings. The molecule has 2 aromatic rings. The molecule has 0 aromatic heterocycles. The van der Waals surface area contributed by atoms with Gasteiger partial charge >= 0.3 is 6.61 Å². The van der Waals surface area contributed by atoms with Gasteiger partial charge in [-0.2, -0.15) is 13.9 Å². The Morgan fingerprint density at radius 1 is 1.08 bits per heavy atom. The van der Waals surface area contributed by atoms with Crippen LogP contribution in [0.25, 0.3) is 0 Å². The van der Waals surface area contributed by atoms with Crippen molar-refractivity contribution in [1.82, 2.24) is 5.43 Å². The minimum absolute atomic E-state index is 0.0267. The van der Waals surface area contributed by atoms with Gasteiger partial charge < -0.3 is 9.47 Å². The van der Waals surface area contributed by atoms with Crippen molar-refractivity contribution in [1.29, 1.82) is 0 Å². The molecular formula is C16H13F3N2O3. The number of nitrogens with one attached hydrogen (secondary N) is 1. The minimum Gasteiger partial charge on any atom is -0.484 e. The van der Waals surface area contributed by atoms with Crippen LogP contribution in [0.5, 0.6) is 11.5 Å². The molecule has 126 valence electrons. The number of carbonyl (C=O) groups is 1. The second kappa shape index (κ2) is 8.56. The highest BCUT2D eigenvalue weighted by Crippen LogP contribution is 2.14. The molecule has 0 spiro atoms. The summed E-state index contributed by atoms with van der Waals surface area (Å²) in [6.07, 6.45) is 1.34. The van der Waals surface area contributed by atoms with Crippen LogP contribution in [0.15, 0.2) is 53.6 Å². The molecule has 0 aliphatic heterocycles. The van der Waals surface area contributed by atoms with Crippen molar-refractivity contribution >= 4 is 12.1 Å². The molecule has 8 heteroatoms. The van der Waals surface area contributed by atoms with Crippen LogP contribution in [0.1, 0.15) is 5.56 Å². The van der Waals surface area contributed by atoms with Gasteiger partial charge in [0.2, 0.25) is 0 Å². The maximum absolute atomic E-state index is 12.7. The third-order valence-electron chi connectivity index (χ3n) is 2.69. The molecule has 5 nitrogen and oxygen atoms in total. The molecule has 0 unspecified atom stereocenters. The molecule has 1 amide bonds. The van der Waals surface area contributed by atoms with Gasteiger partial charge in [-0.15, -0.1) is 0 Å². The highest BCUT2D eigenvalue weighted by molar-refractivity contribution is 5.83. The van der Waals surface area contributed by atoms with Crippen LogP contribution in [-0.2, 0) is 4.79 Å². The molecule has 0 atom stereocenters. The summed E-state index contributed by atoms with van der Waals surface area (Å²) in [6, 6.07) is 10.9. The first-order chi connectivity index (χ1) is 11.5. The Kier molecular flexibility index (Phi) is 6.18. The van der Waals surface area contributed by atoms with Crippen molar-refractivity contribution in [2.24, 2.45) is 5.10 Å². The van der Waals surface area contributed by atoms with E-state index >= 15 is 0 Å². The largest absolute Gasteiger partial charge is 0.484 e. The summed E-state index contributed by atoms with van der Waals surface area (Å²) in [7, 11) is 0. The summed E-state index contributed by atoms with van der Waals surface area (Å²) in [5.74, 6) is -0.529. The number of alkyl halides is 2. The van der Waals surface area contributed by atoms with Crippen molar-refractivity contribution < 1.29 is 27.4 Å². The van der Waals surface area contributed by atoms with Gasteiger partial charge in [0, 0.05) is 0 Å². The van der Waals surface area contributed by atoms with Crippen molar-refractivity contribution in [2.45, 2.75) is 6.61 Å². The summed E-state index contributed by atoms with van der Waals surface area (Å²) in [6.45, 7) is -3.17. The molecule has 24 heavy (non-hydrogen) atoms. The van der Waals surface area contributed by atoms with Crippen molar-refractivity contribution in [3.63, 3.8) is 0 Å². The van der Waals surface area contributed by atoms with Crippen LogP contribution in [0.3, 0.4) is 0 Å². The van der Waals surface area contributed by atoms with E-state index in [0.29, 0.717) is 11.3 Å². The van der Waals surface area contributed by atoms with E-state index in [-0.39, 0.29) is 12.4 Å². The number of nitrogens with zero attached hydrogens (tertiary/aromatic N) is 1. The Balaban J connectivity index is 1.76. The van der Waals surface area contributed by atoms with Gasteiger partial charge in [0.25, 0.3) is 5.91 Å². The number of benzene rings is 2. The summed E-state index contributed by atoms with van der Waals surface area (Å²) in [5, 5.41) is 3.71. The Morgan fingerprint density at radius 3 is 2.33 bits per heavy atom. The third kappa shape index (κ3) is 5.99. The fourth-order valence-electron chi connectivity index (χ4n) is 1.63. The summed E-state index contributed by atoms with van der Waals surface area (Å²) in [5.41, 5.74) is 2.82. The minimum atomic E-state index is -2.88. The zero-order valence-corrected chi connectivity index (χ0v) is 12.3. The van der Waals surface area contributed by atoms with E-state index in [1.807, 2.05) is 0 Å². The molecular weight excluding hydrogens is 325 g/mol. The number of rotatable bonds is 7. The number of hydrogen-bond acceptors (Lipinski definition) is 4. The lowest BCUT2D eigenvalue weighted by molar-refractivity contribution is -0.123. The smallest absolute Gasteiger partial charge is 0.387 e. The molecule has 2 rings (SSSR count). The summed E-state index contributed by atoms with van der Waals surface area (Å²) in [4.78, 5) is 11.5. The predicted octanol–water partition coefficient (Wildman–Crippen LogP) is 2.96. The van der Waals surface area contributed by atoms with Crippen LogP contribution in [0, 0.1) is 5.82 Å². The third-order valence-corrected chi connectivity index (χ3v) is 2.69. The Labute approximate surface area is 135 Å². The average Bonchev–Trinajstić information content (AvgIpc) is 2.55. The van der Waals surface area contributed by atoms with Crippen LogP contribution < -0.4 is 14.9 Å². The Morgan fingerprint density at radius 2 is 1.71 bits per heavy atom. The SMILES string of the molecule is O=C(COc1ccc(F)cc1)NN=Cc1ccc(OC(F)F)cc1. The number of hydrazone groups is 1. The molecule has 0 saturated heterocycles. The maximum atomic E-state index is 12.7. The number of halogens is 3. The van der Waals surface area contributed by atoms with E-state index in [1.165, 1.54) is 54.7 Å². The average molecular weight is 338 g/mol. The predicted molar refractivity (Wildman–Crippen MR) is 80.7 cm³/mol. The van der Waals surface area contributed by atoms with E-state index in [4.69, 9.17) is 4.74 Å². The number of carbonyl (C=O) groups excluding carboxylic acids is 1. The van der Waals surface area contributed by atoms with E-state index < -0.39 is 18.3 Å². The topological polar surface area (TPSA) is 59.9 Å². The zero-order chi connectivity index (χ0) is 17.4. The molecule has 0 heterocycles. The van der Waals surface area contributed by atoms with Crippen molar-refractivity contribution in [2.75, 3.05) is 6.61 Å². The van der Waals surface area contributed by atoms with Crippen LogP contribution in [0.2, 0.25) is 0 Å². The molecule has 2 aromatic carbocycles. The normalized spacial score (nSPS) is 10.8. The highest BCUT2D eigenvalue weighted by atomic mass is 19.3. The fourth-order valence-corrected chi connectivity index (χ4v) is 1.63. The van der Waals surface area contributed by atoms with Crippen molar-refractivity contribution in [3.05, 3.63) is 59.9 Å².